The topological polar surface area (TPSA) is 76.7 Å². The molecular weight excluding hydrogens is 661 g/mol. The number of nitrogens with one attached hydrogen (secondary N) is 2. The molecule has 262 valence electrons. The van der Waals surface area contributed by atoms with Crippen LogP contribution in [0.5, 0.6) is 0 Å². The minimum absolute atomic E-state index is 0.0924. The summed E-state index contributed by atoms with van der Waals surface area (Å²) in [5.74, 6) is 2.51. The number of unbranched alkanes of at least 4 members (excludes halogenated alkanes) is 6. The first-order valence-corrected chi connectivity index (χ1v) is 20.6. The van der Waals surface area contributed by atoms with Gasteiger partial charge in [0, 0.05) is 36.4 Å². The summed E-state index contributed by atoms with van der Waals surface area (Å²) in [6.45, 7) is 2.02. The maximum absolute atomic E-state index is 12.4. The van der Waals surface area contributed by atoms with Crippen LogP contribution in [0.3, 0.4) is 0 Å². The van der Waals surface area contributed by atoms with Crippen molar-refractivity contribution in [3.63, 3.8) is 0 Å². The highest BCUT2D eigenvalue weighted by Gasteiger charge is 2.30. The number of carbonyl (C=O) groups excluding carboxylic acids is 2. The van der Waals surface area contributed by atoms with Crippen LogP contribution in [0, 0.1) is 0 Å². The molecule has 2 amide bonds. The van der Waals surface area contributed by atoms with Crippen molar-refractivity contribution in [1.29, 1.82) is 0 Å². The molecule has 2 N–H and O–H groups in total. The maximum atomic E-state index is 12.4. The van der Waals surface area contributed by atoms with E-state index in [1.807, 2.05) is 21.6 Å². The largest absolute Gasteiger partial charge is 0.449 e. The molecule has 0 aliphatic heterocycles. The van der Waals surface area contributed by atoms with Crippen molar-refractivity contribution in [3.8, 4) is 22.3 Å². The molecule has 0 bridgehead atoms. The summed E-state index contributed by atoms with van der Waals surface area (Å²) >= 11 is 0. The van der Waals surface area contributed by atoms with Crippen LogP contribution in [-0.4, -0.2) is 50.0 Å². The van der Waals surface area contributed by atoms with Crippen molar-refractivity contribution in [3.05, 3.63) is 119 Å². The first kappa shape index (κ1) is 35.9. The zero-order chi connectivity index (χ0) is 34.4. The minimum atomic E-state index is -0.328. The molecule has 0 aromatic heterocycles. The fraction of sp³-hybridized carbons (Fsp3) is 0.381. The maximum Gasteiger partial charge on any atom is 0.407 e. The average molecular weight is 709 g/mol. The monoisotopic (exact) mass is 708 g/mol. The smallest absolute Gasteiger partial charge is 0.407 e. The van der Waals surface area contributed by atoms with Crippen LogP contribution in [0.4, 0.5) is 9.59 Å². The molecule has 4 aromatic carbocycles. The Morgan fingerprint density at radius 3 is 1.14 bits per heavy atom. The van der Waals surface area contributed by atoms with Crippen molar-refractivity contribution in [1.82, 2.24) is 10.6 Å². The van der Waals surface area contributed by atoms with Crippen molar-refractivity contribution in [2.45, 2.75) is 63.2 Å². The third-order valence-electron chi connectivity index (χ3n) is 9.62. The molecule has 0 saturated heterocycles. The van der Waals surface area contributed by atoms with Crippen LogP contribution >= 0.6 is 21.6 Å². The highest BCUT2D eigenvalue weighted by atomic mass is 33.1. The predicted molar refractivity (Wildman–Crippen MR) is 208 cm³/mol. The minimum Gasteiger partial charge on any atom is -0.449 e. The van der Waals surface area contributed by atoms with E-state index >= 15 is 0 Å². The van der Waals surface area contributed by atoms with Crippen LogP contribution in [-0.2, 0) is 9.47 Å². The van der Waals surface area contributed by atoms with Gasteiger partial charge in [-0.15, -0.1) is 0 Å². The van der Waals surface area contributed by atoms with Crippen molar-refractivity contribution < 1.29 is 19.1 Å². The molecule has 50 heavy (non-hydrogen) atoms. The van der Waals surface area contributed by atoms with Gasteiger partial charge in [0.05, 0.1) is 0 Å². The van der Waals surface area contributed by atoms with E-state index in [1.165, 1.54) is 70.2 Å². The summed E-state index contributed by atoms with van der Waals surface area (Å²) in [4.78, 5) is 24.7. The summed E-state index contributed by atoms with van der Waals surface area (Å²) in [6.07, 6.45) is 8.26. The van der Waals surface area contributed by atoms with Gasteiger partial charge in [-0.25, -0.2) is 9.59 Å². The Morgan fingerprint density at radius 1 is 0.460 bits per heavy atom. The summed E-state index contributed by atoms with van der Waals surface area (Å²) < 4.78 is 11.3. The number of amides is 2. The lowest BCUT2D eigenvalue weighted by Gasteiger charge is -2.14. The first-order chi connectivity index (χ1) is 24.7. The summed E-state index contributed by atoms with van der Waals surface area (Å²) in [6, 6.07) is 33.6. The van der Waals surface area contributed by atoms with E-state index in [9.17, 15) is 9.59 Å². The second-order valence-electron chi connectivity index (χ2n) is 13.0. The van der Waals surface area contributed by atoms with Crippen molar-refractivity contribution in [2.24, 2.45) is 0 Å². The number of fused-ring (bicyclic) bond motifs is 6. The summed E-state index contributed by atoms with van der Waals surface area (Å²) in [5.41, 5.74) is 9.88. The number of rotatable bonds is 19. The summed E-state index contributed by atoms with van der Waals surface area (Å²) in [7, 11) is 3.93. The Bertz CT molecular complexity index is 1500. The Kier molecular flexibility index (Phi) is 13.6. The Morgan fingerprint density at radius 2 is 0.780 bits per heavy atom. The molecule has 0 fully saturated rings. The molecule has 0 spiro atoms. The van der Waals surface area contributed by atoms with Gasteiger partial charge in [0.15, 0.2) is 0 Å². The van der Waals surface area contributed by atoms with Gasteiger partial charge >= 0.3 is 12.2 Å². The normalized spacial score (nSPS) is 12.9. The van der Waals surface area contributed by atoms with E-state index < -0.39 is 0 Å². The average Bonchev–Trinajstić information content (AvgIpc) is 3.65. The van der Waals surface area contributed by atoms with Crippen LogP contribution in [0.25, 0.3) is 22.3 Å². The second-order valence-corrected chi connectivity index (χ2v) is 15.7. The number of benzene rings is 4. The first-order valence-electron chi connectivity index (χ1n) is 18.1. The Labute approximate surface area is 304 Å². The zero-order valence-electron chi connectivity index (χ0n) is 28.7. The van der Waals surface area contributed by atoms with E-state index in [2.05, 4.69) is 108 Å². The van der Waals surface area contributed by atoms with Crippen LogP contribution in [0.15, 0.2) is 97.1 Å². The molecule has 8 heteroatoms. The fourth-order valence-corrected chi connectivity index (χ4v) is 9.37. The predicted octanol–water partition coefficient (Wildman–Crippen LogP) is 10.6. The van der Waals surface area contributed by atoms with Gasteiger partial charge < -0.3 is 20.1 Å². The number of carbonyl (C=O) groups is 2. The molecule has 2 aliphatic rings. The summed E-state index contributed by atoms with van der Waals surface area (Å²) in [5, 5.41) is 5.86. The van der Waals surface area contributed by atoms with Gasteiger partial charge in [0.25, 0.3) is 0 Å². The Balaban J connectivity index is 0.712. The molecule has 0 atom stereocenters. The molecular formula is C42H48N2O4S2. The van der Waals surface area contributed by atoms with Gasteiger partial charge in [-0.05, 0) is 70.2 Å². The SMILES string of the molecule is O=C(NCCCCCCSSCCCCCCNC(=O)OCC1c2ccccc2-c2ccccc21)OCC1c2ccccc2-c2ccccc21. The van der Waals surface area contributed by atoms with E-state index in [4.69, 9.17) is 9.47 Å². The van der Waals surface area contributed by atoms with Gasteiger partial charge in [-0.3, -0.25) is 0 Å². The van der Waals surface area contributed by atoms with E-state index in [0.29, 0.717) is 26.3 Å². The third-order valence-corrected chi connectivity index (χ3v) is 12.2. The molecule has 0 saturated carbocycles. The lowest BCUT2D eigenvalue weighted by atomic mass is 9.98. The lowest BCUT2D eigenvalue weighted by molar-refractivity contribution is 0.142. The molecule has 6 nitrogen and oxygen atoms in total. The van der Waals surface area contributed by atoms with Crippen LogP contribution < -0.4 is 10.6 Å². The van der Waals surface area contributed by atoms with Gasteiger partial charge in [0.1, 0.15) is 13.2 Å². The van der Waals surface area contributed by atoms with E-state index in [0.717, 1.165) is 37.2 Å². The number of hydrogen-bond donors (Lipinski definition) is 2. The number of ether oxygens (including phenoxy) is 2. The molecule has 0 radical (unpaired) electrons. The van der Waals surface area contributed by atoms with Crippen molar-refractivity contribution in [2.75, 3.05) is 37.8 Å². The van der Waals surface area contributed by atoms with Crippen molar-refractivity contribution >= 4 is 33.8 Å². The molecule has 6 rings (SSSR count). The van der Waals surface area contributed by atoms with E-state index in [1.54, 1.807) is 0 Å². The lowest BCUT2D eigenvalue weighted by Crippen LogP contribution is -2.27. The second kappa shape index (κ2) is 18.9. The fourth-order valence-electron chi connectivity index (χ4n) is 7.08. The van der Waals surface area contributed by atoms with Gasteiger partial charge in [-0.1, -0.05) is 144 Å². The van der Waals surface area contributed by atoms with Gasteiger partial charge in [0.2, 0.25) is 0 Å². The molecule has 4 aromatic rings. The number of alkyl carbamates (subject to hydrolysis) is 2. The Hall–Kier alpha value is -3.88. The zero-order valence-corrected chi connectivity index (χ0v) is 30.4. The van der Waals surface area contributed by atoms with Crippen LogP contribution in [0.1, 0.15) is 85.5 Å². The highest BCUT2D eigenvalue weighted by molar-refractivity contribution is 8.76. The molecule has 0 heterocycles. The van der Waals surface area contributed by atoms with Gasteiger partial charge in [-0.2, -0.15) is 0 Å². The third kappa shape index (κ3) is 9.46. The highest BCUT2D eigenvalue weighted by Crippen LogP contribution is 2.45. The molecule has 2 aliphatic carbocycles. The van der Waals surface area contributed by atoms with Crippen LogP contribution in [0.2, 0.25) is 0 Å². The standard InChI is InChI=1S/C42H48N2O4S2/c45-41(47-29-39-35-21-9-5-17-31(35)32-18-6-10-22-36(32)39)43-25-13-1-3-15-27-49-50-28-16-4-2-14-26-44-42(46)48-30-40-37-23-11-7-19-33(37)34-20-8-12-24-38(34)40/h5-12,17-24,39-40H,1-4,13-16,25-30H2,(H,43,45)(H,44,46). The molecule has 0 unspecified atom stereocenters. The number of hydrogen-bond acceptors (Lipinski definition) is 6. The van der Waals surface area contributed by atoms with E-state index in [-0.39, 0.29) is 24.0 Å². The quantitative estimate of drug-likeness (QED) is 0.0746.